The van der Waals surface area contributed by atoms with Gasteiger partial charge in [0.25, 0.3) is 0 Å². The van der Waals surface area contributed by atoms with E-state index in [1.54, 1.807) is 24.1 Å². The molecule has 3 atom stereocenters. The third kappa shape index (κ3) is 4.21. The fourth-order valence-electron chi connectivity index (χ4n) is 3.36. The highest BCUT2D eigenvalue weighted by atomic mass is 16.5. The van der Waals surface area contributed by atoms with Crippen LogP contribution in [0, 0.1) is 11.8 Å². The Bertz CT molecular complexity index is 465. The summed E-state index contributed by atoms with van der Waals surface area (Å²) in [5.41, 5.74) is 0.546. The van der Waals surface area contributed by atoms with Gasteiger partial charge >= 0.3 is 0 Å². The topological polar surface area (TPSA) is 40.0 Å². The molecule has 0 amide bonds. The lowest BCUT2D eigenvalue weighted by molar-refractivity contribution is -0.912. The van der Waals surface area contributed by atoms with Crippen molar-refractivity contribution in [2.45, 2.75) is 20.3 Å². The summed E-state index contributed by atoms with van der Waals surface area (Å²) in [7, 11) is 1.59. The van der Waals surface area contributed by atoms with Crippen molar-refractivity contribution in [1.82, 2.24) is 0 Å². The van der Waals surface area contributed by atoms with Crippen molar-refractivity contribution in [3.05, 3.63) is 23.8 Å². The summed E-state index contributed by atoms with van der Waals surface area (Å²) in [6.45, 7) is 8.63. The number of quaternary nitrogens is 1. The second-order valence-electron chi connectivity index (χ2n) is 6.20. The van der Waals surface area contributed by atoms with E-state index in [2.05, 4.69) is 13.8 Å². The van der Waals surface area contributed by atoms with Crippen LogP contribution >= 0.6 is 0 Å². The van der Waals surface area contributed by atoms with Gasteiger partial charge in [0.15, 0.2) is 17.8 Å². The molecule has 0 saturated carbocycles. The van der Waals surface area contributed by atoms with Crippen LogP contribution in [0.4, 0.5) is 0 Å². The number of likely N-dealkylation sites (tertiary alicyclic amines) is 1. The summed E-state index contributed by atoms with van der Waals surface area (Å²) < 4.78 is 11.1. The highest BCUT2D eigenvalue weighted by Crippen LogP contribution is 2.29. The van der Waals surface area contributed by atoms with Crippen molar-refractivity contribution in [2.75, 3.05) is 33.4 Å². The van der Waals surface area contributed by atoms with Gasteiger partial charge in [-0.2, -0.15) is 0 Å². The SMILES string of the molecule is COc1cccc(C=O)c1OCC[NH+]1C[C@H](C)C[C@H](C)C1. The molecule has 1 heterocycles. The van der Waals surface area contributed by atoms with Gasteiger partial charge in [0.1, 0.15) is 13.2 Å². The van der Waals surface area contributed by atoms with Crippen molar-refractivity contribution in [1.29, 1.82) is 0 Å². The van der Waals surface area contributed by atoms with Gasteiger partial charge in [-0.15, -0.1) is 0 Å². The Morgan fingerprint density at radius 2 is 2.00 bits per heavy atom. The van der Waals surface area contributed by atoms with Crippen LogP contribution in [-0.4, -0.2) is 39.6 Å². The monoisotopic (exact) mass is 292 g/mol. The van der Waals surface area contributed by atoms with Crippen LogP contribution in [0.3, 0.4) is 0 Å². The molecule has 4 nitrogen and oxygen atoms in total. The molecule has 1 aromatic carbocycles. The minimum atomic E-state index is 0.546. The van der Waals surface area contributed by atoms with E-state index in [1.165, 1.54) is 19.5 Å². The van der Waals surface area contributed by atoms with Crippen molar-refractivity contribution in [2.24, 2.45) is 11.8 Å². The smallest absolute Gasteiger partial charge is 0.171 e. The molecule has 0 aromatic heterocycles. The van der Waals surface area contributed by atoms with E-state index in [9.17, 15) is 4.79 Å². The van der Waals surface area contributed by atoms with Crippen LogP contribution in [0.1, 0.15) is 30.6 Å². The predicted octanol–water partition coefficient (Wildman–Crippen LogP) is 1.45. The Morgan fingerprint density at radius 3 is 2.62 bits per heavy atom. The van der Waals surface area contributed by atoms with E-state index in [0.717, 1.165) is 24.7 Å². The Morgan fingerprint density at radius 1 is 1.29 bits per heavy atom. The maximum atomic E-state index is 11.1. The lowest BCUT2D eigenvalue weighted by Crippen LogP contribution is -3.14. The third-order valence-electron chi connectivity index (χ3n) is 4.14. The second kappa shape index (κ2) is 7.46. The lowest BCUT2D eigenvalue weighted by Gasteiger charge is -2.31. The maximum Gasteiger partial charge on any atom is 0.171 e. The number of carbonyl (C=O) groups excluding carboxylic acids is 1. The Kier molecular flexibility index (Phi) is 5.62. The number of aldehydes is 1. The first-order valence-corrected chi connectivity index (χ1v) is 7.72. The van der Waals surface area contributed by atoms with E-state index in [0.29, 0.717) is 23.7 Å². The van der Waals surface area contributed by atoms with Crippen molar-refractivity contribution in [3.8, 4) is 11.5 Å². The van der Waals surface area contributed by atoms with Crippen molar-refractivity contribution in [3.63, 3.8) is 0 Å². The summed E-state index contributed by atoms with van der Waals surface area (Å²) >= 11 is 0. The summed E-state index contributed by atoms with van der Waals surface area (Å²) in [6.07, 6.45) is 2.14. The predicted molar refractivity (Wildman–Crippen MR) is 82.4 cm³/mol. The molecule has 1 unspecified atom stereocenters. The van der Waals surface area contributed by atoms with E-state index in [4.69, 9.17) is 9.47 Å². The number of rotatable bonds is 6. The number of piperidine rings is 1. The second-order valence-corrected chi connectivity index (χ2v) is 6.20. The average Bonchev–Trinajstić information content (AvgIpc) is 2.46. The number of methoxy groups -OCH3 is 1. The van der Waals surface area contributed by atoms with Gasteiger partial charge in [-0.3, -0.25) is 4.79 Å². The molecular weight excluding hydrogens is 266 g/mol. The lowest BCUT2D eigenvalue weighted by atomic mass is 9.92. The van der Waals surface area contributed by atoms with Crippen LogP contribution in [0.15, 0.2) is 18.2 Å². The molecular formula is C17H26NO3+. The molecule has 0 bridgehead atoms. The van der Waals surface area contributed by atoms with Crippen LogP contribution < -0.4 is 14.4 Å². The van der Waals surface area contributed by atoms with Gasteiger partial charge in [0.2, 0.25) is 0 Å². The minimum absolute atomic E-state index is 0.546. The quantitative estimate of drug-likeness (QED) is 0.807. The molecule has 2 rings (SSSR count). The molecule has 1 aliphatic rings. The largest absolute Gasteiger partial charge is 0.493 e. The molecule has 21 heavy (non-hydrogen) atoms. The first-order chi connectivity index (χ1) is 10.1. The number of hydrogen-bond donors (Lipinski definition) is 1. The van der Waals surface area contributed by atoms with E-state index >= 15 is 0 Å². The fourth-order valence-corrected chi connectivity index (χ4v) is 3.36. The van der Waals surface area contributed by atoms with Crippen LogP contribution in [0.25, 0.3) is 0 Å². The molecule has 116 valence electrons. The number of para-hydroxylation sites is 1. The van der Waals surface area contributed by atoms with E-state index in [-0.39, 0.29) is 0 Å². The molecule has 1 aromatic rings. The fraction of sp³-hybridized carbons (Fsp3) is 0.588. The van der Waals surface area contributed by atoms with Crippen LogP contribution in [-0.2, 0) is 0 Å². The molecule has 4 heteroatoms. The summed E-state index contributed by atoms with van der Waals surface area (Å²) in [6, 6.07) is 5.37. The van der Waals surface area contributed by atoms with Gasteiger partial charge in [0, 0.05) is 11.8 Å². The molecule has 0 aliphatic carbocycles. The number of nitrogens with one attached hydrogen (secondary N) is 1. The molecule has 1 N–H and O–H groups in total. The van der Waals surface area contributed by atoms with Gasteiger partial charge in [-0.25, -0.2) is 0 Å². The molecule has 0 spiro atoms. The Hall–Kier alpha value is -1.55. The number of carbonyl (C=O) groups is 1. The van der Waals surface area contributed by atoms with Gasteiger partial charge < -0.3 is 14.4 Å². The normalized spacial score (nSPS) is 25.4. The number of ether oxygens (including phenoxy) is 2. The van der Waals surface area contributed by atoms with E-state index < -0.39 is 0 Å². The third-order valence-corrected chi connectivity index (χ3v) is 4.14. The summed E-state index contributed by atoms with van der Waals surface area (Å²) in [5.74, 6) is 2.74. The Labute approximate surface area is 127 Å². The maximum absolute atomic E-state index is 11.1. The van der Waals surface area contributed by atoms with Crippen LogP contribution in [0.5, 0.6) is 11.5 Å². The molecule has 1 saturated heterocycles. The average molecular weight is 292 g/mol. The number of hydrogen-bond acceptors (Lipinski definition) is 3. The zero-order chi connectivity index (χ0) is 15.2. The zero-order valence-corrected chi connectivity index (χ0v) is 13.2. The first-order valence-electron chi connectivity index (χ1n) is 7.72. The van der Waals surface area contributed by atoms with Crippen molar-refractivity contribution >= 4 is 6.29 Å². The van der Waals surface area contributed by atoms with Crippen LogP contribution in [0.2, 0.25) is 0 Å². The molecule has 1 fully saturated rings. The minimum Gasteiger partial charge on any atom is -0.493 e. The zero-order valence-electron chi connectivity index (χ0n) is 13.2. The summed E-state index contributed by atoms with van der Waals surface area (Å²) in [4.78, 5) is 12.7. The standard InChI is InChI=1S/C17H25NO3/c1-13-9-14(2)11-18(10-13)7-8-21-17-15(12-19)5-4-6-16(17)20-3/h4-6,12-14H,7-11H2,1-3H3/p+1/t13-,14+. The molecule has 1 aliphatic heterocycles. The summed E-state index contributed by atoms with van der Waals surface area (Å²) in [5, 5.41) is 0. The molecule has 0 radical (unpaired) electrons. The highest BCUT2D eigenvalue weighted by molar-refractivity contribution is 5.81. The van der Waals surface area contributed by atoms with Crippen molar-refractivity contribution < 1.29 is 19.2 Å². The van der Waals surface area contributed by atoms with Gasteiger partial charge in [-0.1, -0.05) is 19.9 Å². The first kappa shape index (κ1) is 15.8. The van der Waals surface area contributed by atoms with Gasteiger partial charge in [-0.05, 0) is 18.6 Å². The number of benzene rings is 1. The highest BCUT2D eigenvalue weighted by Gasteiger charge is 2.24. The van der Waals surface area contributed by atoms with Gasteiger partial charge in [0.05, 0.1) is 25.8 Å². The Balaban J connectivity index is 1.92. The van der Waals surface area contributed by atoms with E-state index in [1.807, 2.05) is 6.07 Å².